The molecule has 4 rings (SSSR count). The van der Waals surface area contributed by atoms with Gasteiger partial charge in [-0.2, -0.15) is 0 Å². The van der Waals surface area contributed by atoms with Gasteiger partial charge < -0.3 is 0 Å². The quantitative estimate of drug-likeness (QED) is 0.429. The molecule has 0 fully saturated rings. The maximum atomic E-state index is 12.9. The normalized spacial score (nSPS) is 12.4. The number of para-hydroxylation sites is 1. The van der Waals surface area contributed by atoms with Gasteiger partial charge in [0.15, 0.2) is 0 Å². The van der Waals surface area contributed by atoms with Gasteiger partial charge in [-0.25, -0.2) is 0 Å². The average Bonchev–Trinajstić information content (AvgIpc) is 2.84. The molecule has 0 atom stereocenters. The Bertz CT molecular complexity index is 1080. The monoisotopic (exact) mass is 428 g/mol. The SMILES string of the molecule is COc1ccccc1P(OC(C)=O)(c1ccccc1)(c1ccccc1)c1ccccc1. The van der Waals surface area contributed by atoms with E-state index in [1.165, 1.54) is 6.92 Å². The van der Waals surface area contributed by atoms with Crippen LogP contribution in [0, 0.1) is 0 Å². The molecular weight excluding hydrogens is 403 g/mol. The second kappa shape index (κ2) is 8.37. The van der Waals surface area contributed by atoms with Crippen molar-refractivity contribution >= 4 is 34.0 Å². The molecule has 0 bridgehead atoms. The number of ether oxygens (including phenoxy) is 1. The van der Waals surface area contributed by atoms with Crippen LogP contribution in [0.2, 0.25) is 0 Å². The Hall–Kier alpha value is -3.42. The third-order valence-corrected chi connectivity index (χ3v) is 11.4. The topological polar surface area (TPSA) is 35.5 Å². The van der Waals surface area contributed by atoms with Crippen LogP contribution < -0.4 is 26.0 Å². The standard InChI is InChI=1S/C27H25O3P/c1-22(28)30-31(23-14-6-3-7-15-23,24-16-8-4-9-17-24,25-18-10-5-11-19-25)27-21-13-12-20-26(27)29-2/h3-21H,1-2H3. The van der Waals surface area contributed by atoms with Crippen LogP contribution in [0.5, 0.6) is 5.75 Å². The molecule has 0 spiro atoms. The number of carbonyl (C=O) groups excluding carboxylic acids is 1. The summed E-state index contributed by atoms with van der Waals surface area (Å²) in [4.78, 5) is 12.9. The van der Waals surface area contributed by atoms with Crippen molar-refractivity contribution in [2.24, 2.45) is 0 Å². The van der Waals surface area contributed by atoms with Gasteiger partial charge in [-0.15, -0.1) is 0 Å². The molecule has 0 radical (unpaired) electrons. The van der Waals surface area contributed by atoms with Crippen molar-refractivity contribution in [2.75, 3.05) is 7.11 Å². The van der Waals surface area contributed by atoms with Crippen molar-refractivity contribution in [1.29, 1.82) is 0 Å². The molecule has 0 aliphatic carbocycles. The summed E-state index contributed by atoms with van der Waals surface area (Å²) >= 11 is 0. The van der Waals surface area contributed by atoms with Crippen LogP contribution in [-0.4, -0.2) is 13.1 Å². The Morgan fingerprint density at radius 3 is 1.39 bits per heavy atom. The van der Waals surface area contributed by atoms with E-state index in [0.29, 0.717) is 5.75 Å². The number of carbonyl (C=O) groups is 1. The molecule has 0 aliphatic rings. The Labute approximate surface area is 183 Å². The third kappa shape index (κ3) is 3.13. The number of methoxy groups -OCH3 is 1. The summed E-state index contributed by atoms with van der Waals surface area (Å²) in [6.45, 7) is -2.50. The first-order valence-electron chi connectivity index (χ1n) is 10.2. The second-order valence-electron chi connectivity index (χ2n) is 7.30. The van der Waals surface area contributed by atoms with Crippen molar-refractivity contribution < 1.29 is 14.1 Å². The van der Waals surface area contributed by atoms with E-state index in [2.05, 4.69) is 0 Å². The molecule has 0 N–H and O–H groups in total. The summed E-state index contributed by atoms with van der Waals surface area (Å²) in [6.07, 6.45) is 0. The molecule has 156 valence electrons. The van der Waals surface area contributed by atoms with Crippen LogP contribution >= 0.6 is 6.83 Å². The van der Waals surface area contributed by atoms with E-state index in [4.69, 9.17) is 9.26 Å². The predicted octanol–water partition coefficient (Wildman–Crippen LogP) is 4.33. The first-order chi connectivity index (χ1) is 15.1. The van der Waals surface area contributed by atoms with Gasteiger partial charge in [0.1, 0.15) is 0 Å². The molecule has 0 unspecified atom stereocenters. The summed E-state index contributed by atoms with van der Waals surface area (Å²) in [5.74, 6) is 0.332. The van der Waals surface area contributed by atoms with Gasteiger partial charge in [-0.3, -0.25) is 0 Å². The van der Waals surface area contributed by atoms with Crippen LogP contribution in [0.3, 0.4) is 0 Å². The van der Waals surface area contributed by atoms with Crippen molar-refractivity contribution in [3.05, 3.63) is 115 Å². The van der Waals surface area contributed by atoms with E-state index in [1.54, 1.807) is 7.11 Å². The predicted molar refractivity (Wildman–Crippen MR) is 130 cm³/mol. The molecule has 0 amide bonds. The molecule has 4 heteroatoms. The summed E-state index contributed by atoms with van der Waals surface area (Å²) < 4.78 is 12.6. The molecule has 0 aromatic heterocycles. The molecule has 0 heterocycles. The fourth-order valence-corrected chi connectivity index (χ4v) is 10.3. The molecule has 0 saturated carbocycles. The number of benzene rings is 4. The number of hydrogen-bond donors (Lipinski definition) is 0. The van der Waals surface area contributed by atoms with Gasteiger partial charge in [0.25, 0.3) is 0 Å². The van der Waals surface area contributed by atoms with Gasteiger partial charge in [-0.1, -0.05) is 0 Å². The first kappa shape index (κ1) is 20.8. The van der Waals surface area contributed by atoms with Gasteiger partial charge in [0.2, 0.25) is 0 Å². The van der Waals surface area contributed by atoms with E-state index in [1.807, 2.05) is 115 Å². The van der Waals surface area contributed by atoms with Crippen molar-refractivity contribution in [3.63, 3.8) is 0 Å². The molecule has 31 heavy (non-hydrogen) atoms. The molecule has 0 saturated heterocycles. The van der Waals surface area contributed by atoms with E-state index in [-0.39, 0.29) is 5.97 Å². The van der Waals surface area contributed by atoms with Crippen LogP contribution in [-0.2, 0) is 9.32 Å². The number of hydrogen-bond acceptors (Lipinski definition) is 3. The van der Waals surface area contributed by atoms with E-state index in [9.17, 15) is 4.79 Å². The molecule has 3 nitrogen and oxygen atoms in total. The first-order valence-corrected chi connectivity index (χ1v) is 12.3. The zero-order chi connectivity index (χ0) is 21.8. The Kier molecular flexibility index (Phi) is 5.63. The van der Waals surface area contributed by atoms with Crippen LogP contribution in [0.25, 0.3) is 0 Å². The summed E-state index contributed by atoms with van der Waals surface area (Å²) in [5.41, 5.74) is 0. The van der Waals surface area contributed by atoms with Gasteiger partial charge in [0, 0.05) is 0 Å². The van der Waals surface area contributed by atoms with E-state index < -0.39 is 6.83 Å². The number of rotatable bonds is 6. The van der Waals surface area contributed by atoms with Gasteiger partial charge >= 0.3 is 183 Å². The minimum absolute atomic E-state index is 0.347. The maximum absolute atomic E-state index is 12.9. The van der Waals surface area contributed by atoms with Gasteiger partial charge in [-0.05, 0) is 0 Å². The minimum atomic E-state index is -3.98. The Balaban J connectivity index is 2.35. The van der Waals surface area contributed by atoms with Crippen LogP contribution in [0.4, 0.5) is 0 Å². The van der Waals surface area contributed by atoms with Crippen LogP contribution in [0.1, 0.15) is 6.92 Å². The summed E-state index contributed by atoms with van der Waals surface area (Å²) in [5, 5.41) is 3.66. The zero-order valence-corrected chi connectivity index (χ0v) is 18.5. The van der Waals surface area contributed by atoms with Gasteiger partial charge in [0.05, 0.1) is 0 Å². The third-order valence-electron chi connectivity index (χ3n) is 5.60. The van der Waals surface area contributed by atoms with E-state index in [0.717, 1.165) is 21.2 Å². The summed E-state index contributed by atoms with van der Waals surface area (Å²) in [7, 11) is 1.65. The zero-order valence-electron chi connectivity index (χ0n) is 17.6. The molecule has 0 aliphatic heterocycles. The Morgan fingerprint density at radius 1 is 0.613 bits per heavy atom. The van der Waals surface area contributed by atoms with Crippen LogP contribution in [0.15, 0.2) is 115 Å². The molecule has 4 aromatic carbocycles. The van der Waals surface area contributed by atoms with Crippen molar-refractivity contribution in [3.8, 4) is 5.75 Å². The summed E-state index contributed by atoms with van der Waals surface area (Å²) in [6, 6.07) is 38.0. The molecular formula is C27H25O3P. The fourth-order valence-electron chi connectivity index (χ4n) is 4.45. The Morgan fingerprint density at radius 2 is 1.00 bits per heavy atom. The fraction of sp³-hybridized carbons (Fsp3) is 0.0741. The average molecular weight is 428 g/mol. The van der Waals surface area contributed by atoms with Crippen molar-refractivity contribution in [2.45, 2.75) is 6.92 Å². The van der Waals surface area contributed by atoms with E-state index >= 15 is 0 Å². The molecule has 4 aromatic rings. The second-order valence-corrected chi connectivity index (χ2v) is 11.6. The van der Waals surface area contributed by atoms with Crippen molar-refractivity contribution in [1.82, 2.24) is 0 Å².